The van der Waals surface area contributed by atoms with Gasteiger partial charge in [-0.2, -0.15) is 0 Å². The summed E-state index contributed by atoms with van der Waals surface area (Å²) in [6.07, 6.45) is 1.68. The van der Waals surface area contributed by atoms with E-state index in [-0.39, 0.29) is 46.3 Å². The Balaban J connectivity index is 1.33. The lowest BCUT2D eigenvalue weighted by atomic mass is 9.79. The van der Waals surface area contributed by atoms with Crippen LogP contribution in [0.25, 0.3) is 83.9 Å². The number of para-hydroxylation sites is 1. The second-order valence-corrected chi connectivity index (χ2v) is 20.8. The van der Waals surface area contributed by atoms with Crippen molar-refractivity contribution in [1.82, 2.24) is 14.5 Å². The summed E-state index contributed by atoms with van der Waals surface area (Å²) in [6.45, 7) is 23.1. The lowest BCUT2D eigenvalue weighted by molar-refractivity contribution is 0.446. The molecule has 0 saturated carbocycles. The second kappa shape index (κ2) is 16.7. The number of phenols is 1. The third-order valence-corrected chi connectivity index (χ3v) is 12.8. The summed E-state index contributed by atoms with van der Waals surface area (Å²) >= 11 is 0. The van der Waals surface area contributed by atoms with Crippen LogP contribution >= 0.6 is 0 Å². The highest BCUT2D eigenvalue weighted by Crippen LogP contribution is 2.45. The number of nitrogens with zero attached hydrogens (tertiary/aromatic N) is 3. The largest absolute Gasteiger partial charge is 0.507 e. The highest BCUT2D eigenvalue weighted by molar-refractivity contribution is 5.98. The van der Waals surface area contributed by atoms with Gasteiger partial charge in [0.15, 0.2) is 0 Å². The molecule has 330 valence electrons. The zero-order valence-corrected chi connectivity index (χ0v) is 40.1. The maximum atomic E-state index is 12.5. The number of aryl methyl sites for hydroxylation is 1. The van der Waals surface area contributed by atoms with Crippen molar-refractivity contribution in [3.05, 3.63) is 192 Å². The van der Waals surface area contributed by atoms with Gasteiger partial charge in [-0.1, -0.05) is 165 Å². The monoisotopic (exact) mass is 868 g/mol. The molecule has 1 N–H and O–H groups in total. The van der Waals surface area contributed by atoms with Crippen molar-refractivity contribution in [2.24, 2.45) is 0 Å². The Hall–Kier alpha value is -7.04. The molecule has 0 unspecified atom stereocenters. The molecule has 0 saturated heterocycles. The van der Waals surface area contributed by atoms with Gasteiger partial charge in [-0.05, 0) is 146 Å². The first-order chi connectivity index (χ1) is 33.0. The lowest BCUT2D eigenvalue weighted by Crippen LogP contribution is -2.17. The molecule has 0 aliphatic carbocycles. The quantitative estimate of drug-likeness (QED) is 0.174. The first-order valence-electron chi connectivity index (χ1n) is 24.9. The van der Waals surface area contributed by atoms with Crippen LogP contribution in [0.5, 0.6) is 5.75 Å². The molecule has 9 aromatic rings. The SMILES string of the molecule is [2H]c1c([2H])c(C(C)(C)C)c([2H])c([2H])c1-c1ccnc(-c2cc(-c3ccccc3)cc(-c3cccc4c3nc(-c3cc(C(C)(C)C)cc(C(C)(C)C)c3O)n4-c3cc(C)c(C)c(-c4ccccc4)c3)c2)c1. The van der Waals surface area contributed by atoms with Gasteiger partial charge in [0.25, 0.3) is 0 Å². The molecule has 0 fully saturated rings. The summed E-state index contributed by atoms with van der Waals surface area (Å²) in [6, 6.07) is 45.5. The Bertz CT molecular complexity index is 3470. The highest BCUT2D eigenvalue weighted by Gasteiger charge is 2.29. The fraction of sp³-hybridized carbons (Fsp3) is 0.226. The van der Waals surface area contributed by atoms with E-state index < -0.39 is 5.41 Å². The Morgan fingerprint density at radius 2 is 1.14 bits per heavy atom. The molecule has 0 aliphatic heterocycles. The van der Waals surface area contributed by atoms with Crippen molar-refractivity contribution < 1.29 is 10.6 Å². The van der Waals surface area contributed by atoms with Crippen molar-refractivity contribution in [2.45, 2.75) is 92.4 Å². The predicted octanol–water partition coefficient (Wildman–Crippen LogP) is 16.6. The van der Waals surface area contributed by atoms with Crippen LogP contribution < -0.4 is 0 Å². The van der Waals surface area contributed by atoms with E-state index in [9.17, 15) is 5.11 Å². The fourth-order valence-corrected chi connectivity index (χ4v) is 8.77. The van der Waals surface area contributed by atoms with Gasteiger partial charge in [-0.15, -0.1) is 0 Å². The normalized spacial score (nSPS) is 13.1. The molecule has 2 heterocycles. The minimum atomic E-state index is -0.578. The molecule has 0 aliphatic rings. The Kier molecular flexibility index (Phi) is 9.98. The van der Waals surface area contributed by atoms with Crippen molar-refractivity contribution in [1.29, 1.82) is 0 Å². The van der Waals surface area contributed by atoms with Crippen LogP contribution in [0, 0.1) is 13.8 Å². The molecule has 0 amide bonds. The average molecular weight is 868 g/mol. The van der Waals surface area contributed by atoms with Crippen molar-refractivity contribution >= 4 is 11.0 Å². The molecular formula is C62H61N3O. The van der Waals surface area contributed by atoms with Gasteiger partial charge < -0.3 is 5.11 Å². The second-order valence-electron chi connectivity index (χ2n) is 20.8. The molecule has 0 bridgehead atoms. The minimum Gasteiger partial charge on any atom is -0.507 e. The highest BCUT2D eigenvalue weighted by atomic mass is 16.3. The average Bonchev–Trinajstić information content (AvgIpc) is 3.71. The number of benzene rings is 7. The summed E-state index contributed by atoms with van der Waals surface area (Å²) in [7, 11) is 0. The van der Waals surface area contributed by atoms with Crippen LogP contribution in [0.2, 0.25) is 0 Å². The molecule has 4 heteroatoms. The smallest absolute Gasteiger partial charge is 0.149 e. The third-order valence-electron chi connectivity index (χ3n) is 12.8. The van der Waals surface area contributed by atoms with E-state index in [4.69, 9.17) is 15.5 Å². The molecular weight excluding hydrogens is 803 g/mol. The van der Waals surface area contributed by atoms with Crippen LogP contribution in [0.1, 0.15) is 95.6 Å². The van der Waals surface area contributed by atoms with E-state index in [1.807, 2.05) is 51.1 Å². The van der Waals surface area contributed by atoms with Crippen molar-refractivity contribution in [3.8, 4) is 78.6 Å². The van der Waals surface area contributed by atoms with Crippen LogP contribution in [-0.2, 0) is 16.2 Å². The van der Waals surface area contributed by atoms with Crippen LogP contribution in [0.15, 0.2) is 164 Å². The maximum Gasteiger partial charge on any atom is 0.149 e. The number of phenolic OH excluding ortho intramolecular Hbond substituents is 1. The van der Waals surface area contributed by atoms with Crippen molar-refractivity contribution in [3.63, 3.8) is 0 Å². The summed E-state index contributed by atoms with van der Waals surface area (Å²) < 4.78 is 38.4. The van der Waals surface area contributed by atoms with Gasteiger partial charge in [-0.25, -0.2) is 4.98 Å². The van der Waals surface area contributed by atoms with Crippen molar-refractivity contribution in [2.75, 3.05) is 0 Å². The molecule has 2 aromatic heterocycles. The van der Waals surface area contributed by atoms with E-state index in [0.717, 1.165) is 72.4 Å². The van der Waals surface area contributed by atoms with E-state index in [1.54, 1.807) is 12.3 Å². The Morgan fingerprint density at radius 1 is 0.500 bits per heavy atom. The van der Waals surface area contributed by atoms with E-state index in [0.29, 0.717) is 28.2 Å². The van der Waals surface area contributed by atoms with Gasteiger partial charge in [0, 0.05) is 28.6 Å². The standard InChI is InChI=1S/C62H61N3O/c1-39-31-50(38-52(40(39)2)43-21-16-13-17-22-43)65-56-24-18-23-51(57(56)64-59(65)53-36-49(61(6,7)8)37-54(58(53)66)62(9,10)11)46-32-45(41-19-14-12-15-20-41)33-47(34-46)55-35-44(29-30-63-55)42-25-27-48(28-26-42)60(3,4)5/h12-38,66H,1-11H3/i25D,26D,27D,28D. The Morgan fingerprint density at radius 3 is 1.79 bits per heavy atom. The fourth-order valence-electron chi connectivity index (χ4n) is 8.77. The van der Waals surface area contributed by atoms with Crippen LogP contribution in [0.4, 0.5) is 0 Å². The number of fused-ring (bicyclic) bond motifs is 1. The van der Waals surface area contributed by atoms with Gasteiger partial charge in [-0.3, -0.25) is 9.55 Å². The number of aromatic hydroxyl groups is 1. The molecule has 66 heavy (non-hydrogen) atoms. The van der Waals surface area contributed by atoms with Gasteiger partial charge in [0.2, 0.25) is 0 Å². The lowest BCUT2D eigenvalue weighted by Gasteiger charge is -2.27. The molecule has 0 spiro atoms. The van der Waals surface area contributed by atoms with E-state index >= 15 is 0 Å². The number of pyridine rings is 1. The summed E-state index contributed by atoms with van der Waals surface area (Å²) in [5, 5.41) is 12.5. The summed E-state index contributed by atoms with van der Waals surface area (Å²) in [4.78, 5) is 10.5. The first-order valence-corrected chi connectivity index (χ1v) is 22.9. The minimum absolute atomic E-state index is 0.0349. The molecule has 7 aromatic carbocycles. The number of aromatic nitrogens is 3. The molecule has 0 radical (unpaired) electrons. The zero-order valence-electron chi connectivity index (χ0n) is 44.1. The first kappa shape index (κ1) is 39.3. The molecule has 0 atom stereocenters. The Labute approximate surface area is 397 Å². The third kappa shape index (κ3) is 8.49. The zero-order chi connectivity index (χ0) is 50.2. The molecule has 4 nitrogen and oxygen atoms in total. The van der Waals surface area contributed by atoms with Gasteiger partial charge >= 0.3 is 0 Å². The van der Waals surface area contributed by atoms with Crippen LogP contribution in [0.3, 0.4) is 0 Å². The topological polar surface area (TPSA) is 50.9 Å². The number of rotatable bonds is 7. The van der Waals surface area contributed by atoms with E-state index in [2.05, 4.69) is 157 Å². The summed E-state index contributed by atoms with van der Waals surface area (Å²) in [5.41, 5.74) is 14.9. The van der Waals surface area contributed by atoms with Crippen LogP contribution in [-0.4, -0.2) is 19.6 Å². The van der Waals surface area contributed by atoms with Gasteiger partial charge in [0.1, 0.15) is 11.6 Å². The number of imidazole rings is 1. The molecule has 9 rings (SSSR count). The summed E-state index contributed by atoms with van der Waals surface area (Å²) in [5.74, 6) is 0.838. The van der Waals surface area contributed by atoms with E-state index in [1.165, 1.54) is 5.56 Å². The number of hydrogen-bond donors (Lipinski definition) is 1. The number of hydrogen-bond acceptors (Lipinski definition) is 3. The predicted molar refractivity (Wildman–Crippen MR) is 279 cm³/mol. The maximum absolute atomic E-state index is 12.5. The van der Waals surface area contributed by atoms with Gasteiger partial charge in [0.05, 0.1) is 27.8 Å².